The summed E-state index contributed by atoms with van der Waals surface area (Å²) in [7, 11) is 0. The molecule has 2 nitrogen and oxygen atoms in total. The Morgan fingerprint density at radius 1 is 1.47 bits per heavy atom. The van der Waals surface area contributed by atoms with Gasteiger partial charge in [0.1, 0.15) is 5.01 Å². The summed E-state index contributed by atoms with van der Waals surface area (Å²) in [5.74, 6) is 0. The van der Waals surface area contributed by atoms with Crippen molar-refractivity contribution < 1.29 is 0 Å². The van der Waals surface area contributed by atoms with Crippen molar-refractivity contribution in [3.05, 3.63) is 28.2 Å². The fraction of sp³-hybridized carbons (Fsp3) is 0.364. The minimum atomic E-state index is 0.459. The Hall–Kier alpha value is -0.640. The molecule has 3 rings (SSSR count). The quantitative estimate of drug-likeness (QED) is 0.824. The SMILES string of the molecule is Clc1ccc2sc([C@@H]3CCCN3)nc2c1. The van der Waals surface area contributed by atoms with E-state index in [-0.39, 0.29) is 0 Å². The van der Waals surface area contributed by atoms with Gasteiger partial charge in [-0.3, -0.25) is 0 Å². The van der Waals surface area contributed by atoms with Crippen molar-refractivity contribution in [2.75, 3.05) is 6.54 Å². The fourth-order valence-electron chi connectivity index (χ4n) is 1.96. The van der Waals surface area contributed by atoms with Gasteiger partial charge in [0.05, 0.1) is 16.3 Å². The van der Waals surface area contributed by atoms with E-state index in [1.807, 2.05) is 18.2 Å². The molecule has 1 aliphatic rings. The van der Waals surface area contributed by atoms with Crippen LogP contribution in [0.4, 0.5) is 0 Å². The third kappa shape index (κ3) is 1.75. The van der Waals surface area contributed by atoms with Crippen LogP contribution >= 0.6 is 22.9 Å². The molecule has 0 bridgehead atoms. The van der Waals surface area contributed by atoms with Crippen LogP contribution in [0.5, 0.6) is 0 Å². The maximum atomic E-state index is 5.94. The highest BCUT2D eigenvalue weighted by atomic mass is 35.5. The number of nitrogens with one attached hydrogen (secondary N) is 1. The Morgan fingerprint density at radius 2 is 2.40 bits per heavy atom. The molecule has 0 aliphatic carbocycles. The van der Waals surface area contributed by atoms with Crippen LogP contribution in [0, 0.1) is 0 Å². The topological polar surface area (TPSA) is 24.9 Å². The Kier molecular flexibility index (Phi) is 2.39. The van der Waals surface area contributed by atoms with Gasteiger partial charge in [-0.2, -0.15) is 0 Å². The highest BCUT2D eigenvalue weighted by Crippen LogP contribution is 2.31. The number of aromatic nitrogens is 1. The largest absolute Gasteiger partial charge is 0.308 e. The van der Waals surface area contributed by atoms with E-state index in [4.69, 9.17) is 11.6 Å². The molecule has 1 atom stereocenters. The Morgan fingerprint density at radius 3 is 3.20 bits per heavy atom. The molecule has 4 heteroatoms. The Labute approximate surface area is 97.3 Å². The van der Waals surface area contributed by atoms with E-state index in [0.717, 1.165) is 17.1 Å². The third-order valence-corrected chi connectivity index (χ3v) is 4.11. The minimum Gasteiger partial charge on any atom is -0.308 e. The molecule has 1 fully saturated rings. The van der Waals surface area contributed by atoms with Gasteiger partial charge in [-0.1, -0.05) is 11.6 Å². The number of benzene rings is 1. The molecule has 2 heterocycles. The van der Waals surface area contributed by atoms with Crippen LogP contribution < -0.4 is 5.32 Å². The third-order valence-electron chi connectivity index (χ3n) is 2.72. The zero-order valence-corrected chi connectivity index (χ0v) is 9.74. The van der Waals surface area contributed by atoms with Gasteiger partial charge in [-0.15, -0.1) is 11.3 Å². The van der Waals surface area contributed by atoms with E-state index >= 15 is 0 Å². The number of nitrogens with zero attached hydrogens (tertiary/aromatic N) is 1. The van der Waals surface area contributed by atoms with Gasteiger partial charge in [0, 0.05) is 5.02 Å². The normalized spacial score (nSPS) is 21.3. The van der Waals surface area contributed by atoms with Gasteiger partial charge < -0.3 is 5.32 Å². The predicted octanol–water partition coefficient (Wildman–Crippen LogP) is 3.37. The molecule has 15 heavy (non-hydrogen) atoms. The molecule has 1 aromatic heterocycles. The summed E-state index contributed by atoms with van der Waals surface area (Å²) in [4.78, 5) is 4.63. The fourth-order valence-corrected chi connectivity index (χ4v) is 3.19. The summed E-state index contributed by atoms with van der Waals surface area (Å²) in [5.41, 5.74) is 1.02. The molecule has 1 aromatic carbocycles. The summed E-state index contributed by atoms with van der Waals surface area (Å²) in [6.07, 6.45) is 2.45. The van der Waals surface area contributed by atoms with E-state index in [1.165, 1.54) is 22.5 Å². The molecular weight excluding hydrogens is 228 g/mol. The molecule has 1 saturated heterocycles. The van der Waals surface area contributed by atoms with Crippen LogP contribution in [0.1, 0.15) is 23.9 Å². The van der Waals surface area contributed by atoms with E-state index in [2.05, 4.69) is 10.3 Å². The van der Waals surface area contributed by atoms with Crippen LogP contribution in [0.25, 0.3) is 10.2 Å². The summed E-state index contributed by atoms with van der Waals surface area (Å²) < 4.78 is 1.23. The molecule has 0 radical (unpaired) electrons. The number of hydrogen-bond donors (Lipinski definition) is 1. The highest BCUT2D eigenvalue weighted by molar-refractivity contribution is 7.18. The lowest BCUT2D eigenvalue weighted by molar-refractivity contribution is 0.644. The summed E-state index contributed by atoms with van der Waals surface area (Å²) in [5, 5.41) is 5.42. The zero-order valence-electron chi connectivity index (χ0n) is 8.16. The zero-order chi connectivity index (χ0) is 10.3. The maximum absolute atomic E-state index is 5.94. The minimum absolute atomic E-state index is 0.459. The Bertz CT molecular complexity index is 488. The van der Waals surface area contributed by atoms with Crippen molar-refractivity contribution in [2.24, 2.45) is 0 Å². The van der Waals surface area contributed by atoms with Crippen molar-refractivity contribution in [1.29, 1.82) is 0 Å². The first-order valence-corrected chi connectivity index (χ1v) is 6.32. The van der Waals surface area contributed by atoms with Gasteiger partial charge in [0.15, 0.2) is 0 Å². The van der Waals surface area contributed by atoms with Gasteiger partial charge in [-0.05, 0) is 37.6 Å². The molecule has 78 valence electrons. The molecular formula is C11H11ClN2S. The first-order valence-electron chi connectivity index (χ1n) is 5.12. The number of rotatable bonds is 1. The number of hydrogen-bond acceptors (Lipinski definition) is 3. The Balaban J connectivity index is 2.05. The van der Waals surface area contributed by atoms with Gasteiger partial charge in [0.2, 0.25) is 0 Å². The molecule has 1 aliphatic heterocycles. The molecule has 0 spiro atoms. The number of thiazole rings is 1. The summed E-state index contributed by atoms with van der Waals surface area (Å²) in [6.45, 7) is 1.11. The van der Waals surface area contributed by atoms with E-state index < -0.39 is 0 Å². The lowest BCUT2D eigenvalue weighted by Crippen LogP contribution is -2.12. The van der Waals surface area contributed by atoms with Crippen LogP contribution in [-0.4, -0.2) is 11.5 Å². The maximum Gasteiger partial charge on any atom is 0.111 e. The predicted molar refractivity (Wildman–Crippen MR) is 64.6 cm³/mol. The van der Waals surface area contributed by atoms with Crippen molar-refractivity contribution in [1.82, 2.24) is 10.3 Å². The smallest absolute Gasteiger partial charge is 0.111 e. The standard InChI is InChI=1S/C11H11ClN2S/c12-7-3-4-10-9(6-7)14-11(15-10)8-2-1-5-13-8/h3-4,6,8,13H,1-2,5H2/t8-/m0/s1. The van der Waals surface area contributed by atoms with Crippen LogP contribution in [0.3, 0.4) is 0 Å². The van der Waals surface area contributed by atoms with Gasteiger partial charge in [-0.25, -0.2) is 4.98 Å². The first kappa shape index (κ1) is 9.58. The average molecular weight is 239 g/mol. The summed E-state index contributed by atoms with van der Waals surface area (Å²) >= 11 is 7.71. The van der Waals surface area contributed by atoms with E-state index in [1.54, 1.807) is 11.3 Å². The van der Waals surface area contributed by atoms with Crippen molar-refractivity contribution >= 4 is 33.2 Å². The molecule has 2 aromatic rings. The van der Waals surface area contributed by atoms with Gasteiger partial charge >= 0.3 is 0 Å². The van der Waals surface area contributed by atoms with Crippen molar-refractivity contribution in [2.45, 2.75) is 18.9 Å². The van der Waals surface area contributed by atoms with Crippen LogP contribution in [-0.2, 0) is 0 Å². The highest BCUT2D eigenvalue weighted by Gasteiger charge is 2.19. The second-order valence-corrected chi connectivity index (χ2v) is 5.31. The number of halogens is 1. The van der Waals surface area contributed by atoms with Gasteiger partial charge in [0.25, 0.3) is 0 Å². The van der Waals surface area contributed by atoms with E-state index in [9.17, 15) is 0 Å². The lowest BCUT2D eigenvalue weighted by Gasteiger charge is -2.03. The average Bonchev–Trinajstić information content (AvgIpc) is 2.84. The monoisotopic (exact) mass is 238 g/mol. The second kappa shape index (κ2) is 3.74. The van der Waals surface area contributed by atoms with Crippen molar-refractivity contribution in [3.8, 4) is 0 Å². The van der Waals surface area contributed by atoms with Crippen LogP contribution in [0.2, 0.25) is 5.02 Å². The first-order chi connectivity index (χ1) is 7.33. The molecule has 1 N–H and O–H groups in total. The van der Waals surface area contributed by atoms with E-state index in [0.29, 0.717) is 6.04 Å². The summed E-state index contributed by atoms with van der Waals surface area (Å²) in [6, 6.07) is 6.37. The van der Waals surface area contributed by atoms with Crippen molar-refractivity contribution in [3.63, 3.8) is 0 Å². The lowest BCUT2D eigenvalue weighted by atomic mass is 10.2. The second-order valence-electron chi connectivity index (χ2n) is 3.81. The number of fused-ring (bicyclic) bond motifs is 1. The van der Waals surface area contributed by atoms with Crippen LogP contribution in [0.15, 0.2) is 18.2 Å². The molecule has 0 saturated carbocycles. The molecule has 0 unspecified atom stereocenters. The molecule has 0 amide bonds.